The summed E-state index contributed by atoms with van der Waals surface area (Å²) in [6, 6.07) is 5.33. The molecule has 0 aromatic carbocycles. The summed E-state index contributed by atoms with van der Waals surface area (Å²) in [5.74, 6) is 0. The van der Waals surface area contributed by atoms with Crippen molar-refractivity contribution < 1.29 is 0 Å². The third kappa shape index (κ3) is 1.93. The average molecular weight is 254 g/mol. The second-order valence-corrected chi connectivity index (χ2v) is 4.45. The van der Waals surface area contributed by atoms with Crippen LogP contribution >= 0.6 is 0 Å². The molecule has 3 aromatic rings. The number of nitrogens with zero attached hydrogens (tertiary/aromatic N) is 4. The minimum atomic E-state index is 0.0123. The molecule has 5 heteroatoms. The largest absolute Gasteiger partial charge is 0.308 e. The van der Waals surface area contributed by atoms with E-state index >= 15 is 0 Å². The Morgan fingerprint density at radius 1 is 1.26 bits per heavy atom. The topological polar surface area (TPSA) is 52.7 Å². The van der Waals surface area contributed by atoms with E-state index in [0.717, 1.165) is 22.2 Å². The van der Waals surface area contributed by atoms with Gasteiger partial charge in [0.15, 0.2) is 0 Å². The molecule has 0 N–H and O–H groups in total. The Balaban J connectivity index is 2.27. The quantitative estimate of drug-likeness (QED) is 0.701. The number of hydrogen-bond acceptors (Lipinski definition) is 3. The molecule has 0 aliphatic carbocycles. The van der Waals surface area contributed by atoms with Crippen LogP contribution < -0.4 is 5.56 Å². The summed E-state index contributed by atoms with van der Waals surface area (Å²) >= 11 is 0. The maximum Gasteiger partial charge on any atom is 0.251 e. The van der Waals surface area contributed by atoms with Crippen molar-refractivity contribution in [3.8, 4) is 11.3 Å². The van der Waals surface area contributed by atoms with E-state index in [2.05, 4.69) is 10.1 Å². The number of aromatic nitrogens is 4. The fourth-order valence-corrected chi connectivity index (χ4v) is 2.22. The van der Waals surface area contributed by atoms with Gasteiger partial charge in [-0.3, -0.25) is 14.5 Å². The van der Waals surface area contributed by atoms with Crippen LogP contribution in [0.1, 0.15) is 6.92 Å². The van der Waals surface area contributed by atoms with Gasteiger partial charge in [-0.1, -0.05) is 0 Å². The first-order chi connectivity index (χ1) is 9.19. The molecule has 0 amide bonds. The van der Waals surface area contributed by atoms with Gasteiger partial charge in [-0.15, -0.1) is 0 Å². The van der Waals surface area contributed by atoms with E-state index in [4.69, 9.17) is 0 Å². The van der Waals surface area contributed by atoms with Crippen molar-refractivity contribution in [1.82, 2.24) is 19.3 Å². The maximum absolute atomic E-state index is 11.8. The van der Waals surface area contributed by atoms with Gasteiger partial charge in [0.05, 0.1) is 17.4 Å². The van der Waals surface area contributed by atoms with E-state index in [0.29, 0.717) is 6.54 Å². The molecular weight excluding hydrogens is 240 g/mol. The number of pyridine rings is 2. The monoisotopic (exact) mass is 254 g/mol. The van der Waals surface area contributed by atoms with Crippen LogP contribution in [0.15, 0.2) is 41.6 Å². The van der Waals surface area contributed by atoms with Gasteiger partial charge >= 0.3 is 0 Å². The molecule has 0 aliphatic heterocycles. The molecule has 0 spiro atoms. The first kappa shape index (κ1) is 11.6. The molecule has 0 fully saturated rings. The minimum absolute atomic E-state index is 0.0123. The Labute approximate surface area is 110 Å². The highest BCUT2D eigenvalue weighted by molar-refractivity contribution is 5.81. The normalized spacial score (nSPS) is 11.1. The van der Waals surface area contributed by atoms with Crippen LogP contribution in [0.2, 0.25) is 0 Å². The summed E-state index contributed by atoms with van der Waals surface area (Å²) in [7, 11) is 1.87. The molecule has 96 valence electrons. The second-order valence-electron chi connectivity index (χ2n) is 4.45. The van der Waals surface area contributed by atoms with E-state index in [9.17, 15) is 4.79 Å². The van der Waals surface area contributed by atoms with Crippen molar-refractivity contribution >= 4 is 10.9 Å². The van der Waals surface area contributed by atoms with E-state index in [1.54, 1.807) is 27.7 Å². The average Bonchev–Trinajstić information content (AvgIpc) is 2.85. The summed E-state index contributed by atoms with van der Waals surface area (Å²) in [6.45, 7) is 2.61. The van der Waals surface area contributed by atoms with E-state index < -0.39 is 0 Å². The standard InChI is InChI=1S/C14H14N4O/c1-3-18-13-6-12(11-8-16-17(2)9-11)15-7-10(13)4-5-14(18)19/h4-9H,3H2,1-2H3. The predicted octanol–water partition coefficient (Wildman–Crippen LogP) is 1.82. The van der Waals surface area contributed by atoms with Gasteiger partial charge in [0, 0.05) is 43.0 Å². The Kier molecular flexibility index (Phi) is 2.67. The third-order valence-corrected chi connectivity index (χ3v) is 3.19. The molecule has 3 aromatic heterocycles. The van der Waals surface area contributed by atoms with Crippen molar-refractivity contribution in [3.63, 3.8) is 0 Å². The van der Waals surface area contributed by atoms with Crippen molar-refractivity contribution in [3.05, 3.63) is 47.1 Å². The van der Waals surface area contributed by atoms with Crippen LogP contribution in [0.25, 0.3) is 22.2 Å². The highest BCUT2D eigenvalue weighted by atomic mass is 16.1. The third-order valence-electron chi connectivity index (χ3n) is 3.19. The van der Waals surface area contributed by atoms with Crippen LogP contribution in [0.4, 0.5) is 0 Å². The van der Waals surface area contributed by atoms with Gasteiger partial charge in [-0.05, 0) is 19.1 Å². The highest BCUT2D eigenvalue weighted by Gasteiger charge is 2.06. The van der Waals surface area contributed by atoms with Crippen LogP contribution in [0, 0.1) is 0 Å². The fourth-order valence-electron chi connectivity index (χ4n) is 2.22. The summed E-state index contributed by atoms with van der Waals surface area (Å²) < 4.78 is 3.48. The second kappa shape index (κ2) is 4.35. The summed E-state index contributed by atoms with van der Waals surface area (Å²) in [4.78, 5) is 16.3. The number of aryl methyl sites for hydroxylation is 2. The zero-order valence-corrected chi connectivity index (χ0v) is 10.9. The van der Waals surface area contributed by atoms with Gasteiger partial charge in [0.25, 0.3) is 5.56 Å². The summed E-state index contributed by atoms with van der Waals surface area (Å²) in [6.07, 6.45) is 5.47. The lowest BCUT2D eigenvalue weighted by Crippen LogP contribution is -2.18. The fraction of sp³-hybridized carbons (Fsp3) is 0.214. The lowest BCUT2D eigenvalue weighted by atomic mass is 10.2. The van der Waals surface area contributed by atoms with Gasteiger partial charge in [-0.2, -0.15) is 5.10 Å². The Bertz CT molecular complexity index is 801. The molecule has 0 saturated carbocycles. The molecule has 3 rings (SSSR count). The Morgan fingerprint density at radius 2 is 2.11 bits per heavy atom. The molecule has 0 saturated heterocycles. The van der Waals surface area contributed by atoms with E-state index in [1.165, 1.54) is 0 Å². The lowest BCUT2D eigenvalue weighted by Gasteiger charge is -2.08. The number of fused-ring (bicyclic) bond motifs is 1. The molecule has 5 nitrogen and oxygen atoms in total. The van der Waals surface area contributed by atoms with Crippen LogP contribution in [0.5, 0.6) is 0 Å². The Hall–Kier alpha value is -2.43. The summed E-state index contributed by atoms with van der Waals surface area (Å²) in [5, 5.41) is 5.11. The molecule has 0 bridgehead atoms. The SMILES string of the molecule is CCn1c(=O)ccc2cnc(-c3cnn(C)c3)cc21. The highest BCUT2D eigenvalue weighted by Crippen LogP contribution is 2.20. The van der Waals surface area contributed by atoms with Crippen molar-refractivity contribution in [2.45, 2.75) is 13.5 Å². The van der Waals surface area contributed by atoms with Crippen molar-refractivity contribution in [2.24, 2.45) is 7.05 Å². The maximum atomic E-state index is 11.8. The molecule has 3 heterocycles. The number of hydrogen-bond donors (Lipinski definition) is 0. The molecule has 0 radical (unpaired) electrons. The first-order valence-corrected chi connectivity index (χ1v) is 6.17. The zero-order valence-electron chi connectivity index (χ0n) is 10.9. The molecule has 0 aliphatic rings. The Morgan fingerprint density at radius 3 is 2.79 bits per heavy atom. The molecule has 0 unspecified atom stereocenters. The van der Waals surface area contributed by atoms with Crippen LogP contribution in [-0.2, 0) is 13.6 Å². The van der Waals surface area contributed by atoms with Gasteiger partial charge in [0.2, 0.25) is 0 Å². The number of rotatable bonds is 2. The smallest absolute Gasteiger partial charge is 0.251 e. The van der Waals surface area contributed by atoms with E-state index in [-0.39, 0.29) is 5.56 Å². The van der Waals surface area contributed by atoms with E-state index in [1.807, 2.05) is 32.3 Å². The van der Waals surface area contributed by atoms with Crippen molar-refractivity contribution in [1.29, 1.82) is 0 Å². The first-order valence-electron chi connectivity index (χ1n) is 6.17. The summed E-state index contributed by atoms with van der Waals surface area (Å²) in [5.41, 5.74) is 2.69. The minimum Gasteiger partial charge on any atom is -0.308 e. The molecular formula is C14H14N4O. The van der Waals surface area contributed by atoms with Crippen LogP contribution in [-0.4, -0.2) is 19.3 Å². The van der Waals surface area contributed by atoms with Crippen molar-refractivity contribution in [2.75, 3.05) is 0 Å². The van der Waals surface area contributed by atoms with Crippen LogP contribution in [0.3, 0.4) is 0 Å². The van der Waals surface area contributed by atoms with Gasteiger partial charge in [-0.25, -0.2) is 0 Å². The molecule has 19 heavy (non-hydrogen) atoms. The van der Waals surface area contributed by atoms with Gasteiger partial charge in [0.1, 0.15) is 0 Å². The van der Waals surface area contributed by atoms with Gasteiger partial charge < -0.3 is 4.57 Å². The zero-order chi connectivity index (χ0) is 13.4. The lowest BCUT2D eigenvalue weighted by molar-refractivity contribution is 0.759. The predicted molar refractivity (Wildman–Crippen MR) is 73.9 cm³/mol. The molecule has 0 atom stereocenters.